The van der Waals surface area contributed by atoms with E-state index >= 15 is 0 Å². The van der Waals surface area contributed by atoms with Crippen LogP contribution in [0.1, 0.15) is 71.9 Å². The highest BCUT2D eigenvalue weighted by Gasteiger charge is 2.46. The number of alkyl halides is 3. The first-order valence-electron chi connectivity index (χ1n) is 10.8. The summed E-state index contributed by atoms with van der Waals surface area (Å²) in [5.41, 5.74) is -0.156. The van der Waals surface area contributed by atoms with Crippen LogP contribution in [0.4, 0.5) is 17.6 Å². The predicted molar refractivity (Wildman–Crippen MR) is 113 cm³/mol. The van der Waals surface area contributed by atoms with Crippen LogP contribution in [0, 0.1) is 11.2 Å². The van der Waals surface area contributed by atoms with Crippen LogP contribution < -0.4 is 5.32 Å². The normalized spacial score (nSPS) is 19.3. The second-order valence-electron chi connectivity index (χ2n) is 9.31. The minimum atomic E-state index is -4.69. The van der Waals surface area contributed by atoms with E-state index in [2.05, 4.69) is 19.8 Å². The molecule has 0 bridgehead atoms. The van der Waals surface area contributed by atoms with Crippen LogP contribution >= 0.6 is 11.5 Å². The van der Waals surface area contributed by atoms with Gasteiger partial charge >= 0.3 is 6.18 Å². The number of nitrogens with zero attached hydrogens (tertiary/aromatic N) is 3. The van der Waals surface area contributed by atoms with Crippen molar-refractivity contribution in [3.63, 3.8) is 0 Å². The van der Waals surface area contributed by atoms with Gasteiger partial charge in [-0.2, -0.15) is 13.2 Å². The molecule has 1 aliphatic heterocycles. The maximum atomic E-state index is 13.5. The zero-order valence-corrected chi connectivity index (χ0v) is 18.8. The summed E-state index contributed by atoms with van der Waals surface area (Å²) in [6.07, 6.45) is -1.03. The molecule has 0 unspecified atom stereocenters. The van der Waals surface area contributed by atoms with E-state index in [0.29, 0.717) is 17.8 Å². The summed E-state index contributed by atoms with van der Waals surface area (Å²) in [4.78, 5) is 15.6. The topological polar surface area (TPSA) is 58.1 Å². The Kier molecular flexibility index (Phi) is 6.28. The van der Waals surface area contributed by atoms with Gasteiger partial charge in [-0.25, -0.2) is 4.39 Å². The Balaban J connectivity index is 1.27. The Hall–Kier alpha value is -2.07. The number of halogens is 4. The first-order chi connectivity index (χ1) is 15.1. The maximum absolute atomic E-state index is 13.5. The van der Waals surface area contributed by atoms with E-state index < -0.39 is 17.6 Å². The van der Waals surface area contributed by atoms with Gasteiger partial charge in [-0.1, -0.05) is 24.4 Å². The van der Waals surface area contributed by atoms with Gasteiger partial charge in [0.1, 0.15) is 5.82 Å². The van der Waals surface area contributed by atoms with Crippen molar-refractivity contribution >= 4 is 17.4 Å². The number of carbonyl (C=O) groups excluding carboxylic acids is 1. The first-order valence-corrected chi connectivity index (χ1v) is 11.5. The molecule has 1 aromatic carbocycles. The van der Waals surface area contributed by atoms with Crippen molar-refractivity contribution in [1.29, 1.82) is 0 Å². The predicted octanol–water partition coefficient (Wildman–Crippen LogP) is 4.99. The van der Waals surface area contributed by atoms with E-state index in [4.69, 9.17) is 0 Å². The van der Waals surface area contributed by atoms with Crippen LogP contribution in [0.15, 0.2) is 18.2 Å². The van der Waals surface area contributed by atoms with E-state index in [9.17, 15) is 22.4 Å². The summed E-state index contributed by atoms with van der Waals surface area (Å²) in [5.74, 6) is -1.21. The van der Waals surface area contributed by atoms with E-state index in [0.717, 1.165) is 55.8 Å². The van der Waals surface area contributed by atoms with Crippen molar-refractivity contribution in [2.24, 2.45) is 5.41 Å². The molecule has 1 N–H and O–H groups in total. The van der Waals surface area contributed by atoms with Gasteiger partial charge in [0, 0.05) is 12.6 Å². The molecular weight excluding hydrogens is 444 g/mol. The molecule has 174 valence electrons. The monoisotopic (exact) mass is 470 g/mol. The molecule has 2 fully saturated rings. The number of aromatic nitrogens is 2. The molecule has 1 saturated heterocycles. The standard InChI is InChI=1S/C22H26F4N4OS/c1-13(2)19-18(28-29-32-19)20(31)27-15-10-21(11-15)5-7-30(8-6-21)12-14-3-4-17(23)16(9-14)22(24,25)26/h3-4,9,13,15H,5-8,10-12H2,1-2H3,(H,27,31). The van der Waals surface area contributed by atoms with Gasteiger partial charge in [-0.3, -0.25) is 9.69 Å². The van der Waals surface area contributed by atoms with Gasteiger partial charge in [0.25, 0.3) is 5.91 Å². The smallest absolute Gasteiger partial charge is 0.348 e. The molecule has 4 rings (SSSR count). The lowest BCUT2D eigenvalue weighted by Gasteiger charge is -2.52. The van der Waals surface area contributed by atoms with Gasteiger partial charge in [0.15, 0.2) is 5.69 Å². The van der Waals surface area contributed by atoms with Crippen molar-refractivity contribution in [3.05, 3.63) is 45.7 Å². The number of piperidine rings is 1. The highest BCUT2D eigenvalue weighted by molar-refractivity contribution is 7.05. The highest BCUT2D eigenvalue weighted by Crippen LogP contribution is 2.49. The molecule has 2 heterocycles. The average molecular weight is 471 g/mol. The molecular formula is C22H26F4N4OS. The molecule has 1 aliphatic carbocycles. The fourth-order valence-electron chi connectivity index (χ4n) is 4.82. The van der Waals surface area contributed by atoms with Gasteiger partial charge in [0.05, 0.1) is 10.4 Å². The fourth-order valence-corrected chi connectivity index (χ4v) is 5.46. The summed E-state index contributed by atoms with van der Waals surface area (Å²) in [6, 6.07) is 3.34. The van der Waals surface area contributed by atoms with Crippen molar-refractivity contribution in [3.8, 4) is 0 Å². The van der Waals surface area contributed by atoms with Crippen molar-refractivity contribution < 1.29 is 22.4 Å². The SMILES string of the molecule is CC(C)c1snnc1C(=O)NC1CC2(CCN(Cc3ccc(F)c(C(F)(F)F)c3)CC2)C1. The lowest BCUT2D eigenvalue weighted by molar-refractivity contribution is -0.140. The minimum absolute atomic E-state index is 0.113. The zero-order valence-electron chi connectivity index (χ0n) is 18.0. The van der Waals surface area contributed by atoms with E-state index in [1.54, 1.807) is 0 Å². The van der Waals surface area contributed by atoms with E-state index in [1.807, 2.05) is 13.8 Å². The summed E-state index contributed by atoms with van der Waals surface area (Å²) in [6.45, 7) is 5.93. The Morgan fingerprint density at radius 1 is 1.28 bits per heavy atom. The Morgan fingerprint density at radius 3 is 2.59 bits per heavy atom. The molecule has 0 radical (unpaired) electrons. The molecule has 1 spiro atoms. The number of nitrogens with one attached hydrogen (secondary N) is 1. The summed E-state index contributed by atoms with van der Waals surface area (Å²) in [5, 5.41) is 7.06. The number of carbonyl (C=O) groups is 1. The molecule has 10 heteroatoms. The minimum Gasteiger partial charge on any atom is -0.348 e. The van der Waals surface area contributed by atoms with Crippen LogP contribution in [0.5, 0.6) is 0 Å². The van der Waals surface area contributed by atoms with Crippen LogP contribution in [-0.4, -0.2) is 39.5 Å². The number of amides is 1. The first kappa shape index (κ1) is 23.1. The molecule has 1 aromatic heterocycles. The van der Waals surface area contributed by atoms with Crippen LogP contribution in [-0.2, 0) is 12.7 Å². The Morgan fingerprint density at radius 2 is 1.97 bits per heavy atom. The molecule has 5 nitrogen and oxygen atoms in total. The van der Waals surface area contributed by atoms with Crippen molar-refractivity contribution in [2.45, 2.75) is 64.2 Å². The number of likely N-dealkylation sites (tertiary alicyclic amines) is 1. The number of benzene rings is 1. The second-order valence-corrected chi connectivity index (χ2v) is 10.1. The highest BCUT2D eigenvalue weighted by atomic mass is 32.1. The van der Waals surface area contributed by atoms with Gasteiger partial charge < -0.3 is 5.32 Å². The third-order valence-corrected chi connectivity index (χ3v) is 7.63. The Bertz CT molecular complexity index is 975. The summed E-state index contributed by atoms with van der Waals surface area (Å²) >= 11 is 1.25. The number of hydrogen-bond donors (Lipinski definition) is 1. The lowest BCUT2D eigenvalue weighted by atomic mass is 9.60. The van der Waals surface area contributed by atoms with E-state index in [1.165, 1.54) is 17.6 Å². The zero-order chi connectivity index (χ0) is 23.1. The van der Waals surface area contributed by atoms with Crippen LogP contribution in [0.2, 0.25) is 0 Å². The summed E-state index contributed by atoms with van der Waals surface area (Å²) < 4.78 is 56.3. The molecule has 2 aromatic rings. The average Bonchev–Trinajstić information content (AvgIpc) is 3.19. The van der Waals surface area contributed by atoms with Crippen molar-refractivity contribution in [1.82, 2.24) is 19.8 Å². The van der Waals surface area contributed by atoms with Crippen LogP contribution in [0.3, 0.4) is 0 Å². The summed E-state index contributed by atoms with van der Waals surface area (Å²) in [7, 11) is 0. The third kappa shape index (κ3) is 4.80. The van der Waals surface area contributed by atoms with E-state index in [-0.39, 0.29) is 23.3 Å². The quantitative estimate of drug-likeness (QED) is 0.626. The molecule has 1 amide bonds. The van der Waals surface area contributed by atoms with Gasteiger partial charge in [0.2, 0.25) is 0 Å². The van der Waals surface area contributed by atoms with Crippen LogP contribution in [0.25, 0.3) is 0 Å². The van der Waals surface area contributed by atoms with Gasteiger partial charge in [-0.15, -0.1) is 5.10 Å². The number of hydrogen-bond acceptors (Lipinski definition) is 5. The largest absolute Gasteiger partial charge is 0.419 e. The molecule has 32 heavy (non-hydrogen) atoms. The van der Waals surface area contributed by atoms with Crippen molar-refractivity contribution in [2.75, 3.05) is 13.1 Å². The molecule has 1 saturated carbocycles. The fraction of sp³-hybridized carbons (Fsp3) is 0.591. The van der Waals surface area contributed by atoms with Gasteiger partial charge in [-0.05, 0) is 79.3 Å². The molecule has 0 atom stereocenters. The second kappa shape index (κ2) is 8.70. The maximum Gasteiger partial charge on any atom is 0.419 e. The third-order valence-electron chi connectivity index (χ3n) is 6.61. The molecule has 2 aliphatic rings. The number of rotatable bonds is 5. The Labute approximate surface area is 188 Å². The lowest BCUT2D eigenvalue weighted by Crippen LogP contribution is -2.54.